The molecular weight excluding hydrogens is 230 g/mol. The third-order valence-corrected chi connectivity index (χ3v) is 2.92. The molecule has 0 radical (unpaired) electrons. The van der Waals surface area contributed by atoms with E-state index >= 15 is 0 Å². The number of hydrogen-bond donors (Lipinski definition) is 0. The molecule has 1 aliphatic rings. The maximum absolute atomic E-state index is 11.6. The lowest BCUT2D eigenvalue weighted by Crippen LogP contribution is -2.19. The molecule has 0 amide bonds. The lowest BCUT2D eigenvalue weighted by molar-refractivity contribution is -0.141. The molecule has 0 fully saturated rings. The molecule has 0 aromatic heterocycles. The van der Waals surface area contributed by atoms with E-state index in [1.807, 2.05) is 12.1 Å². The predicted molar refractivity (Wildman–Crippen MR) is 69.4 cm³/mol. The SMILES string of the molecule is CCOC(=O)CC1=NCCc2cccc(OC)c21. The van der Waals surface area contributed by atoms with E-state index in [1.165, 1.54) is 5.56 Å². The summed E-state index contributed by atoms with van der Waals surface area (Å²) in [6.07, 6.45) is 1.10. The minimum absolute atomic E-state index is 0.210. The number of ether oxygens (including phenoxy) is 2. The van der Waals surface area contributed by atoms with Gasteiger partial charge in [-0.05, 0) is 25.0 Å². The Morgan fingerprint density at radius 3 is 3.00 bits per heavy atom. The van der Waals surface area contributed by atoms with Crippen LogP contribution in [0.2, 0.25) is 0 Å². The Labute approximate surface area is 107 Å². The first-order valence-electron chi connectivity index (χ1n) is 6.11. The highest BCUT2D eigenvalue weighted by Crippen LogP contribution is 2.27. The standard InChI is InChI=1S/C14H17NO3/c1-3-18-13(16)9-11-14-10(7-8-15-11)5-4-6-12(14)17-2/h4-6H,3,7-9H2,1-2H3. The zero-order valence-corrected chi connectivity index (χ0v) is 10.7. The van der Waals surface area contributed by atoms with Crippen LogP contribution in [0.25, 0.3) is 0 Å². The Balaban J connectivity index is 2.29. The molecule has 1 aromatic rings. The van der Waals surface area contributed by atoms with Crippen LogP contribution in [0.15, 0.2) is 23.2 Å². The van der Waals surface area contributed by atoms with Gasteiger partial charge in [0.05, 0.1) is 25.8 Å². The Morgan fingerprint density at radius 1 is 1.44 bits per heavy atom. The molecule has 1 aliphatic heterocycles. The zero-order valence-electron chi connectivity index (χ0n) is 10.7. The van der Waals surface area contributed by atoms with E-state index in [9.17, 15) is 4.79 Å². The summed E-state index contributed by atoms with van der Waals surface area (Å²) in [5, 5.41) is 0. The molecule has 0 atom stereocenters. The Hall–Kier alpha value is -1.84. The van der Waals surface area contributed by atoms with E-state index in [1.54, 1.807) is 14.0 Å². The average molecular weight is 247 g/mol. The van der Waals surface area contributed by atoms with Crippen molar-refractivity contribution < 1.29 is 14.3 Å². The lowest BCUT2D eigenvalue weighted by atomic mass is 9.95. The molecule has 4 nitrogen and oxygen atoms in total. The average Bonchev–Trinajstić information content (AvgIpc) is 2.38. The normalized spacial score (nSPS) is 13.6. The summed E-state index contributed by atoms with van der Waals surface area (Å²) in [5.74, 6) is 0.533. The summed E-state index contributed by atoms with van der Waals surface area (Å²) in [7, 11) is 1.63. The fraction of sp³-hybridized carbons (Fsp3) is 0.429. The number of hydrogen-bond acceptors (Lipinski definition) is 4. The maximum atomic E-state index is 11.6. The van der Waals surface area contributed by atoms with Crippen molar-refractivity contribution in [3.05, 3.63) is 29.3 Å². The number of aliphatic imine (C=N–C) groups is 1. The molecule has 0 saturated heterocycles. The van der Waals surface area contributed by atoms with Gasteiger partial charge in [0, 0.05) is 12.1 Å². The number of esters is 1. The van der Waals surface area contributed by atoms with E-state index in [0.717, 1.165) is 30.0 Å². The van der Waals surface area contributed by atoms with Crippen molar-refractivity contribution in [3.63, 3.8) is 0 Å². The lowest BCUT2D eigenvalue weighted by Gasteiger charge is -2.19. The molecule has 1 aromatic carbocycles. The molecule has 1 heterocycles. The van der Waals surface area contributed by atoms with Crippen molar-refractivity contribution in [1.29, 1.82) is 0 Å². The van der Waals surface area contributed by atoms with E-state index < -0.39 is 0 Å². The highest BCUT2D eigenvalue weighted by atomic mass is 16.5. The van der Waals surface area contributed by atoms with Gasteiger partial charge < -0.3 is 9.47 Å². The monoisotopic (exact) mass is 247 g/mol. The molecule has 0 unspecified atom stereocenters. The molecule has 4 heteroatoms. The predicted octanol–water partition coefficient (Wildman–Crippen LogP) is 1.99. The second-order valence-corrected chi connectivity index (χ2v) is 4.05. The number of carbonyl (C=O) groups is 1. The van der Waals surface area contributed by atoms with Gasteiger partial charge in [-0.15, -0.1) is 0 Å². The van der Waals surface area contributed by atoms with Crippen LogP contribution in [0.5, 0.6) is 5.75 Å². The Kier molecular flexibility index (Phi) is 3.97. The van der Waals surface area contributed by atoms with Crippen LogP contribution in [0.3, 0.4) is 0 Å². The second-order valence-electron chi connectivity index (χ2n) is 4.05. The van der Waals surface area contributed by atoms with Gasteiger partial charge in [0.15, 0.2) is 0 Å². The molecule has 0 spiro atoms. The maximum Gasteiger partial charge on any atom is 0.311 e. The van der Waals surface area contributed by atoms with Crippen molar-refractivity contribution >= 4 is 11.7 Å². The first kappa shape index (κ1) is 12.6. The minimum Gasteiger partial charge on any atom is -0.496 e. The van der Waals surface area contributed by atoms with E-state index in [4.69, 9.17) is 9.47 Å². The van der Waals surface area contributed by atoms with Crippen molar-refractivity contribution in [2.24, 2.45) is 4.99 Å². The highest BCUT2D eigenvalue weighted by Gasteiger charge is 2.21. The number of carbonyl (C=O) groups excluding carboxylic acids is 1. The molecular formula is C14H17NO3. The molecule has 0 aliphatic carbocycles. The summed E-state index contributed by atoms with van der Waals surface area (Å²) in [4.78, 5) is 16.0. The fourth-order valence-electron chi connectivity index (χ4n) is 2.17. The van der Waals surface area contributed by atoms with Crippen molar-refractivity contribution in [1.82, 2.24) is 0 Å². The first-order valence-corrected chi connectivity index (χ1v) is 6.11. The zero-order chi connectivity index (χ0) is 13.0. The third kappa shape index (κ3) is 2.53. The molecule has 96 valence electrons. The summed E-state index contributed by atoms with van der Waals surface area (Å²) in [6, 6.07) is 5.91. The van der Waals surface area contributed by atoms with Crippen LogP contribution in [-0.4, -0.2) is 31.9 Å². The van der Waals surface area contributed by atoms with Gasteiger partial charge >= 0.3 is 5.97 Å². The van der Waals surface area contributed by atoms with Gasteiger partial charge in [0.1, 0.15) is 5.75 Å². The van der Waals surface area contributed by atoms with E-state index in [0.29, 0.717) is 6.61 Å². The molecule has 0 bridgehead atoms. The summed E-state index contributed by atoms with van der Waals surface area (Å²) in [6.45, 7) is 2.91. The van der Waals surface area contributed by atoms with Crippen LogP contribution in [0.4, 0.5) is 0 Å². The number of benzene rings is 1. The van der Waals surface area contributed by atoms with Crippen LogP contribution >= 0.6 is 0 Å². The molecule has 18 heavy (non-hydrogen) atoms. The van der Waals surface area contributed by atoms with E-state index in [2.05, 4.69) is 11.1 Å². The van der Waals surface area contributed by atoms with E-state index in [-0.39, 0.29) is 12.4 Å². The quantitative estimate of drug-likeness (QED) is 0.764. The van der Waals surface area contributed by atoms with Crippen LogP contribution in [0, 0.1) is 0 Å². The number of nitrogens with zero attached hydrogens (tertiary/aromatic N) is 1. The van der Waals surface area contributed by atoms with Crippen molar-refractivity contribution in [2.75, 3.05) is 20.3 Å². The summed E-state index contributed by atoms with van der Waals surface area (Å²) >= 11 is 0. The van der Waals surface area contributed by atoms with Gasteiger partial charge in [-0.25, -0.2) is 0 Å². The topological polar surface area (TPSA) is 47.9 Å². The van der Waals surface area contributed by atoms with Gasteiger partial charge in [0.25, 0.3) is 0 Å². The van der Waals surface area contributed by atoms with Crippen LogP contribution in [-0.2, 0) is 16.0 Å². The number of methoxy groups -OCH3 is 1. The fourth-order valence-corrected chi connectivity index (χ4v) is 2.17. The Morgan fingerprint density at radius 2 is 2.28 bits per heavy atom. The first-order chi connectivity index (χ1) is 8.76. The summed E-state index contributed by atoms with van der Waals surface area (Å²) < 4.78 is 10.3. The van der Waals surface area contributed by atoms with Gasteiger partial charge in [-0.1, -0.05) is 12.1 Å². The highest BCUT2D eigenvalue weighted by molar-refractivity contribution is 6.12. The largest absolute Gasteiger partial charge is 0.496 e. The van der Waals surface area contributed by atoms with Crippen molar-refractivity contribution in [3.8, 4) is 5.75 Å². The van der Waals surface area contributed by atoms with Gasteiger partial charge in [0.2, 0.25) is 0 Å². The van der Waals surface area contributed by atoms with Crippen LogP contribution < -0.4 is 4.74 Å². The Bertz CT molecular complexity index is 480. The number of rotatable bonds is 4. The van der Waals surface area contributed by atoms with Gasteiger partial charge in [-0.2, -0.15) is 0 Å². The minimum atomic E-state index is -0.241. The second kappa shape index (κ2) is 5.67. The van der Waals surface area contributed by atoms with Crippen molar-refractivity contribution in [2.45, 2.75) is 19.8 Å². The molecule has 0 saturated carbocycles. The third-order valence-electron chi connectivity index (χ3n) is 2.92. The summed E-state index contributed by atoms with van der Waals surface area (Å²) in [5.41, 5.74) is 2.91. The smallest absolute Gasteiger partial charge is 0.311 e. The molecule has 0 N–H and O–H groups in total. The van der Waals surface area contributed by atoms with Gasteiger partial charge in [-0.3, -0.25) is 9.79 Å². The number of fused-ring (bicyclic) bond motifs is 1. The van der Waals surface area contributed by atoms with Crippen LogP contribution in [0.1, 0.15) is 24.5 Å². The molecule has 2 rings (SSSR count).